The van der Waals surface area contributed by atoms with Crippen molar-refractivity contribution in [2.24, 2.45) is 11.7 Å². The minimum Gasteiger partial charge on any atom is -0.497 e. The quantitative estimate of drug-likeness (QED) is 0.753. The number of likely N-dealkylation sites (tertiary alicyclic amines) is 1. The number of nitrogens with two attached hydrogens (primary N) is 1. The average Bonchev–Trinajstić information content (AvgIpc) is 2.66. The van der Waals surface area contributed by atoms with Crippen LogP contribution in [0.1, 0.15) is 37.7 Å². The third-order valence-electron chi connectivity index (χ3n) is 4.75. The molecule has 1 saturated heterocycles. The van der Waals surface area contributed by atoms with Crippen LogP contribution in [0.2, 0.25) is 0 Å². The molecule has 7 heteroatoms. The van der Waals surface area contributed by atoms with E-state index in [0.29, 0.717) is 26.1 Å². The highest BCUT2D eigenvalue weighted by Gasteiger charge is 2.28. The van der Waals surface area contributed by atoms with E-state index < -0.39 is 0 Å². The number of piperidine rings is 1. The Balaban J connectivity index is 0.00000338. The largest absolute Gasteiger partial charge is 0.497 e. The number of carbonyl (C=O) groups is 2. The fourth-order valence-corrected chi connectivity index (χ4v) is 3.20. The summed E-state index contributed by atoms with van der Waals surface area (Å²) in [5, 5.41) is 2.83. The molecule has 0 aliphatic carbocycles. The molecule has 0 aromatic heterocycles. The summed E-state index contributed by atoms with van der Waals surface area (Å²) in [6.07, 6.45) is 2.14. The van der Waals surface area contributed by atoms with Crippen LogP contribution >= 0.6 is 12.4 Å². The lowest BCUT2D eigenvalue weighted by Gasteiger charge is -2.32. The molecule has 1 fully saturated rings. The standard InChI is InChI=1S/C19H29N3O3.ClH/c1-14(15-5-7-17(25-2)8-6-15)12-18(23)22-11-3-4-16(13-22)19(24)21-10-9-20;/h5-8,14,16H,3-4,9-13,20H2,1-2H3,(H,21,24);1H. The van der Waals surface area contributed by atoms with E-state index in [-0.39, 0.29) is 36.1 Å². The lowest BCUT2D eigenvalue weighted by Crippen LogP contribution is -2.46. The summed E-state index contributed by atoms with van der Waals surface area (Å²) in [4.78, 5) is 26.6. The Morgan fingerprint density at radius 2 is 2.04 bits per heavy atom. The van der Waals surface area contributed by atoms with Gasteiger partial charge in [0.2, 0.25) is 11.8 Å². The Morgan fingerprint density at radius 1 is 1.35 bits per heavy atom. The number of benzene rings is 1. The molecular formula is C19H30ClN3O3. The Labute approximate surface area is 161 Å². The fourth-order valence-electron chi connectivity index (χ4n) is 3.20. The number of hydrogen-bond donors (Lipinski definition) is 2. The first-order valence-corrected chi connectivity index (χ1v) is 8.94. The Hall–Kier alpha value is -1.79. The lowest BCUT2D eigenvalue weighted by atomic mass is 9.94. The van der Waals surface area contributed by atoms with Crippen molar-refractivity contribution in [3.05, 3.63) is 29.8 Å². The van der Waals surface area contributed by atoms with Gasteiger partial charge in [0.05, 0.1) is 13.0 Å². The molecule has 1 aromatic carbocycles. The molecular weight excluding hydrogens is 354 g/mol. The van der Waals surface area contributed by atoms with Gasteiger partial charge in [-0.05, 0) is 36.5 Å². The van der Waals surface area contributed by atoms with Gasteiger partial charge in [-0.15, -0.1) is 12.4 Å². The number of carbonyl (C=O) groups excluding carboxylic acids is 2. The van der Waals surface area contributed by atoms with Crippen molar-refractivity contribution in [3.63, 3.8) is 0 Å². The second-order valence-corrected chi connectivity index (χ2v) is 6.64. The van der Waals surface area contributed by atoms with Gasteiger partial charge in [-0.25, -0.2) is 0 Å². The number of methoxy groups -OCH3 is 1. The lowest BCUT2D eigenvalue weighted by molar-refractivity contribution is -0.136. The van der Waals surface area contributed by atoms with Crippen LogP contribution in [-0.4, -0.2) is 50.0 Å². The second-order valence-electron chi connectivity index (χ2n) is 6.64. The molecule has 2 rings (SSSR count). The predicted molar refractivity (Wildman–Crippen MR) is 105 cm³/mol. The van der Waals surface area contributed by atoms with Gasteiger partial charge < -0.3 is 20.7 Å². The van der Waals surface area contributed by atoms with Crippen LogP contribution in [0, 0.1) is 5.92 Å². The van der Waals surface area contributed by atoms with Crippen molar-refractivity contribution in [2.45, 2.75) is 32.1 Å². The monoisotopic (exact) mass is 383 g/mol. The maximum absolute atomic E-state index is 12.6. The Kier molecular flexibility index (Phi) is 9.44. The summed E-state index contributed by atoms with van der Waals surface area (Å²) >= 11 is 0. The summed E-state index contributed by atoms with van der Waals surface area (Å²) in [5.74, 6) is 0.931. The summed E-state index contributed by atoms with van der Waals surface area (Å²) in [6.45, 7) is 4.20. The summed E-state index contributed by atoms with van der Waals surface area (Å²) in [5.41, 5.74) is 6.54. The zero-order valence-electron chi connectivity index (χ0n) is 15.6. The van der Waals surface area contributed by atoms with E-state index in [4.69, 9.17) is 10.5 Å². The highest BCUT2D eigenvalue weighted by atomic mass is 35.5. The van der Waals surface area contributed by atoms with Crippen LogP contribution < -0.4 is 15.8 Å². The number of amides is 2. The van der Waals surface area contributed by atoms with E-state index in [9.17, 15) is 9.59 Å². The maximum atomic E-state index is 12.6. The van der Waals surface area contributed by atoms with Crippen molar-refractivity contribution < 1.29 is 14.3 Å². The minimum atomic E-state index is -0.124. The fraction of sp³-hybridized carbons (Fsp3) is 0.579. The van der Waals surface area contributed by atoms with Gasteiger partial charge >= 0.3 is 0 Å². The molecule has 146 valence electrons. The molecule has 6 nitrogen and oxygen atoms in total. The topological polar surface area (TPSA) is 84.7 Å². The molecule has 1 aliphatic rings. The number of ether oxygens (including phenoxy) is 1. The summed E-state index contributed by atoms with van der Waals surface area (Å²) < 4.78 is 5.17. The highest BCUT2D eigenvalue weighted by Crippen LogP contribution is 2.24. The normalized spacial score (nSPS) is 17.8. The first-order chi connectivity index (χ1) is 12.0. The number of halogens is 1. The molecule has 1 aromatic rings. The van der Waals surface area contributed by atoms with Crippen LogP contribution in [0.15, 0.2) is 24.3 Å². The smallest absolute Gasteiger partial charge is 0.224 e. The van der Waals surface area contributed by atoms with Crippen LogP contribution in [-0.2, 0) is 9.59 Å². The van der Waals surface area contributed by atoms with Crippen molar-refractivity contribution in [2.75, 3.05) is 33.3 Å². The van der Waals surface area contributed by atoms with Gasteiger partial charge in [-0.1, -0.05) is 19.1 Å². The van der Waals surface area contributed by atoms with E-state index in [1.165, 1.54) is 0 Å². The molecule has 0 spiro atoms. The van der Waals surface area contributed by atoms with E-state index in [0.717, 1.165) is 30.7 Å². The molecule has 26 heavy (non-hydrogen) atoms. The molecule has 0 radical (unpaired) electrons. The van der Waals surface area contributed by atoms with Crippen molar-refractivity contribution in [1.29, 1.82) is 0 Å². The van der Waals surface area contributed by atoms with E-state index in [2.05, 4.69) is 12.2 Å². The molecule has 1 heterocycles. The first-order valence-electron chi connectivity index (χ1n) is 8.94. The average molecular weight is 384 g/mol. The third kappa shape index (κ3) is 6.18. The molecule has 0 saturated carbocycles. The molecule has 2 amide bonds. The number of nitrogens with zero attached hydrogens (tertiary/aromatic N) is 1. The highest BCUT2D eigenvalue weighted by molar-refractivity contribution is 5.85. The zero-order chi connectivity index (χ0) is 18.2. The van der Waals surface area contributed by atoms with Crippen LogP contribution in [0.5, 0.6) is 5.75 Å². The summed E-state index contributed by atoms with van der Waals surface area (Å²) in [6, 6.07) is 7.82. The second kappa shape index (κ2) is 11.0. The van der Waals surface area contributed by atoms with Gasteiger partial charge in [0.15, 0.2) is 0 Å². The first kappa shape index (κ1) is 22.3. The molecule has 0 bridgehead atoms. The number of hydrogen-bond acceptors (Lipinski definition) is 4. The maximum Gasteiger partial charge on any atom is 0.224 e. The van der Waals surface area contributed by atoms with E-state index in [1.807, 2.05) is 29.2 Å². The van der Waals surface area contributed by atoms with E-state index in [1.54, 1.807) is 7.11 Å². The molecule has 2 atom stereocenters. The van der Waals surface area contributed by atoms with Gasteiger partial charge in [0.1, 0.15) is 5.75 Å². The van der Waals surface area contributed by atoms with Gasteiger partial charge in [0.25, 0.3) is 0 Å². The molecule has 2 unspecified atom stereocenters. The van der Waals surface area contributed by atoms with Crippen LogP contribution in [0.25, 0.3) is 0 Å². The van der Waals surface area contributed by atoms with Gasteiger partial charge in [0, 0.05) is 32.6 Å². The predicted octanol–water partition coefficient (Wildman–Crippen LogP) is 1.92. The van der Waals surface area contributed by atoms with Crippen LogP contribution in [0.4, 0.5) is 0 Å². The molecule has 1 aliphatic heterocycles. The van der Waals surface area contributed by atoms with Crippen molar-refractivity contribution in [1.82, 2.24) is 10.2 Å². The van der Waals surface area contributed by atoms with Crippen molar-refractivity contribution in [3.8, 4) is 5.75 Å². The minimum absolute atomic E-state index is 0. The summed E-state index contributed by atoms with van der Waals surface area (Å²) in [7, 11) is 1.64. The molecule has 3 N–H and O–H groups in total. The third-order valence-corrected chi connectivity index (χ3v) is 4.75. The Morgan fingerprint density at radius 3 is 2.65 bits per heavy atom. The zero-order valence-corrected chi connectivity index (χ0v) is 16.4. The van der Waals surface area contributed by atoms with Crippen molar-refractivity contribution >= 4 is 24.2 Å². The SMILES string of the molecule is COc1ccc(C(C)CC(=O)N2CCCC(C(=O)NCCN)C2)cc1.Cl. The van der Waals surface area contributed by atoms with Gasteiger partial charge in [-0.3, -0.25) is 9.59 Å². The van der Waals surface area contributed by atoms with Gasteiger partial charge in [-0.2, -0.15) is 0 Å². The Bertz CT molecular complexity index is 580. The van der Waals surface area contributed by atoms with Crippen LogP contribution in [0.3, 0.4) is 0 Å². The number of rotatable bonds is 7. The number of nitrogens with one attached hydrogen (secondary N) is 1. The van der Waals surface area contributed by atoms with E-state index >= 15 is 0 Å².